The predicted octanol–water partition coefficient (Wildman–Crippen LogP) is 3.46. The van der Waals surface area contributed by atoms with E-state index in [0.29, 0.717) is 17.9 Å². The van der Waals surface area contributed by atoms with Crippen LogP contribution in [0.5, 0.6) is 0 Å². The topological polar surface area (TPSA) is 51.0 Å². The van der Waals surface area contributed by atoms with Crippen molar-refractivity contribution in [3.05, 3.63) is 11.7 Å². The lowest BCUT2D eigenvalue weighted by Gasteiger charge is -2.19. The van der Waals surface area contributed by atoms with Gasteiger partial charge in [-0.2, -0.15) is 4.98 Å². The van der Waals surface area contributed by atoms with Crippen LogP contribution >= 0.6 is 0 Å². The van der Waals surface area contributed by atoms with Crippen molar-refractivity contribution in [2.45, 2.75) is 71.3 Å². The number of nitrogens with zero attached hydrogens (tertiary/aromatic N) is 2. The van der Waals surface area contributed by atoms with Crippen molar-refractivity contribution in [3.8, 4) is 0 Å². The lowest BCUT2D eigenvalue weighted by Crippen LogP contribution is -2.31. The normalized spacial score (nSPS) is 26.5. The van der Waals surface area contributed by atoms with Crippen LogP contribution in [0.1, 0.15) is 76.9 Å². The van der Waals surface area contributed by atoms with Gasteiger partial charge in [-0.1, -0.05) is 25.9 Å². The molecule has 19 heavy (non-hydrogen) atoms. The zero-order valence-electron chi connectivity index (χ0n) is 12.6. The first-order valence-electron chi connectivity index (χ1n) is 7.72. The van der Waals surface area contributed by atoms with Crippen LogP contribution in [0.2, 0.25) is 0 Å². The van der Waals surface area contributed by atoms with Crippen molar-refractivity contribution in [1.29, 1.82) is 0 Å². The van der Waals surface area contributed by atoms with Crippen LogP contribution in [0.25, 0.3) is 0 Å². The van der Waals surface area contributed by atoms with Gasteiger partial charge in [0.15, 0.2) is 5.82 Å². The zero-order valence-corrected chi connectivity index (χ0v) is 12.6. The molecule has 0 spiro atoms. The minimum atomic E-state index is 0.319. The van der Waals surface area contributed by atoms with Crippen molar-refractivity contribution in [2.24, 2.45) is 5.92 Å². The van der Waals surface area contributed by atoms with E-state index >= 15 is 0 Å². The van der Waals surface area contributed by atoms with Gasteiger partial charge in [-0.25, -0.2) is 0 Å². The van der Waals surface area contributed by atoms with Crippen LogP contribution in [0, 0.1) is 5.92 Å². The third-order valence-electron chi connectivity index (χ3n) is 4.40. The van der Waals surface area contributed by atoms with Gasteiger partial charge in [0.25, 0.3) is 0 Å². The highest BCUT2D eigenvalue weighted by Gasteiger charge is 2.29. The second-order valence-electron chi connectivity index (χ2n) is 5.97. The standard InChI is InChI=1S/C15H27N3O/c1-5-13(11(4)16-6-2)15-17-14(18-19-15)12-8-7-10(3)9-12/h10-13,16H,5-9H2,1-4H3. The van der Waals surface area contributed by atoms with Gasteiger partial charge in [0, 0.05) is 12.0 Å². The second-order valence-corrected chi connectivity index (χ2v) is 5.97. The summed E-state index contributed by atoms with van der Waals surface area (Å²) in [5.41, 5.74) is 0. The Morgan fingerprint density at radius 3 is 2.74 bits per heavy atom. The van der Waals surface area contributed by atoms with E-state index in [2.05, 4.69) is 43.2 Å². The van der Waals surface area contributed by atoms with Crippen LogP contribution in [0.4, 0.5) is 0 Å². The van der Waals surface area contributed by atoms with E-state index in [1.807, 2.05) is 0 Å². The van der Waals surface area contributed by atoms with Gasteiger partial charge in [-0.15, -0.1) is 0 Å². The summed E-state index contributed by atoms with van der Waals surface area (Å²) in [5.74, 6) is 3.38. The molecule has 2 rings (SSSR count). The molecular formula is C15H27N3O. The number of hydrogen-bond acceptors (Lipinski definition) is 4. The van der Waals surface area contributed by atoms with E-state index < -0.39 is 0 Å². The molecule has 0 amide bonds. The molecule has 0 bridgehead atoms. The molecule has 4 nitrogen and oxygen atoms in total. The van der Waals surface area contributed by atoms with Crippen LogP contribution in [-0.4, -0.2) is 22.7 Å². The molecule has 1 fully saturated rings. The summed E-state index contributed by atoms with van der Waals surface area (Å²) in [6.45, 7) is 9.78. The first kappa shape index (κ1) is 14.5. The highest BCUT2D eigenvalue weighted by Crippen LogP contribution is 2.37. The van der Waals surface area contributed by atoms with E-state index in [9.17, 15) is 0 Å². The van der Waals surface area contributed by atoms with E-state index in [-0.39, 0.29) is 0 Å². The molecule has 1 N–H and O–H groups in total. The summed E-state index contributed by atoms with van der Waals surface area (Å²) < 4.78 is 5.53. The van der Waals surface area contributed by atoms with Gasteiger partial charge in [-0.05, 0) is 45.1 Å². The summed E-state index contributed by atoms with van der Waals surface area (Å²) >= 11 is 0. The molecule has 0 aromatic carbocycles. The average Bonchev–Trinajstić information content (AvgIpc) is 2.99. The largest absolute Gasteiger partial charge is 0.339 e. The Morgan fingerprint density at radius 1 is 1.37 bits per heavy atom. The van der Waals surface area contributed by atoms with Crippen LogP contribution in [0.3, 0.4) is 0 Å². The first-order valence-corrected chi connectivity index (χ1v) is 7.72. The van der Waals surface area contributed by atoms with Gasteiger partial charge in [0.05, 0.1) is 5.92 Å². The minimum Gasteiger partial charge on any atom is -0.339 e. The number of hydrogen-bond donors (Lipinski definition) is 1. The fraction of sp³-hybridized carbons (Fsp3) is 0.867. The maximum atomic E-state index is 5.53. The third kappa shape index (κ3) is 3.35. The molecule has 1 saturated carbocycles. The summed E-state index contributed by atoms with van der Waals surface area (Å²) in [6, 6.07) is 0.380. The monoisotopic (exact) mass is 265 g/mol. The van der Waals surface area contributed by atoms with Gasteiger partial charge < -0.3 is 9.84 Å². The Labute approximate surface area is 116 Å². The highest BCUT2D eigenvalue weighted by atomic mass is 16.5. The molecule has 1 aliphatic carbocycles. The smallest absolute Gasteiger partial charge is 0.231 e. The molecule has 1 aliphatic rings. The zero-order chi connectivity index (χ0) is 13.8. The second kappa shape index (κ2) is 6.51. The number of aromatic nitrogens is 2. The summed E-state index contributed by atoms with van der Waals surface area (Å²) in [5, 5.41) is 7.68. The van der Waals surface area contributed by atoms with Crippen molar-refractivity contribution in [3.63, 3.8) is 0 Å². The van der Waals surface area contributed by atoms with E-state index in [1.165, 1.54) is 19.3 Å². The fourth-order valence-electron chi connectivity index (χ4n) is 3.21. The van der Waals surface area contributed by atoms with Gasteiger partial charge in [0.2, 0.25) is 5.89 Å². The molecule has 0 saturated heterocycles. The fourth-order valence-corrected chi connectivity index (χ4v) is 3.21. The predicted molar refractivity (Wildman–Crippen MR) is 76.2 cm³/mol. The van der Waals surface area contributed by atoms with Crippen molar-refractivity contribution in [1.82, 2.24) is 15.5 Å². The molecule has 0 radical (unpaired) electrons. The SMILES string of the molecule is CCNC(C)C(CC)c1nc(C2CCC(C)C2)no1. The molecule has 1 aromatic heterocycles. The Balaban J connectivity index is 2.06. The molecule has 108 valence electrons. The van der Waals surface area contributed by atoms with Gasteiger partial charge >= 0.3 is 0 Å². The van der Waals surface area contributed by atoms with Crippen molar-refractivity contribution < 1.29 is 4.52 Å². The van der Waals surface area contributed by atoms with E-state index in [1.54, 1.807) is 0 Å². The third-order valence-corrected chi connectivity index (χ3v) is 4.40. The van der Waals surface area contributed by atoms with Crippen molar-refractivity contribution in [2.75, 3.05) is 6.54 Å². The Hall–Kier alpha value is -0.900. The number of rotatable bonds is 6. The van der Waals surface area contributed by atoms with Gasteiger partial charge in [-0.3, -0.25) is 0 Å². The van der Waals surface area contributed by atoms with Crippen LogP contribution in [-0.2, 0) is 0 Å². The summed E-state index contributed by atoms with van der Waals surface area (Å²) in [6.07, 6.45) is 4.73. The Bertz CT molecular complexity index is 390. The Morgan fingerprint density at radius 2 is 2.16 bits per heavy atom. The maximum Gasteiger partial charge on any atom is 0.231 e. The molecule has 1 heterocycles. The molecular weight excluding hydrogens is 238 g/mol. The number of nitrogens with one attached hydrogen (secondary N) is 1. The van der Waals surface area contributed by atoms with E-state index in [0.717, 1.165) is 30.6 Å². The first-order chi connectivity index (χ1) is 9.15. The summed E-state index contributed by atoms with van der Waals surface area (Å²) in [7, 11) is 0. The lowest BCUT2D eigenvalue weighted by atomic mass is 9.98. The van der Waals surface area contributed by atoms with Crippen molar-refractivity contribution >= 4 is 0 Å². The van der Waals surface area contributed by atoms with Gasteiger partial charge in [0.1, 0.15) is 0 Å². The average molecular weight is 265 g/mol. The Kier molecular flexibility index (Phi) is 4.97. The van der Waals surface area contributed by atoms with Crippen LogP contribution < -0.4 is 5.32 Å². The van der Waals surface area contributed by atoms with E-state index in [4.69, 9.17) is 4.52 Å². The lowest BCUT2D eigenvalue weighted by molar-refractivity contribution is 0.314. The molecule has 1 aromatic rings. The highest BCUT2D eigenvalue weighted by molar-refractivity contribution is 5.03. The minimum absolute atomic E-state index is 0.319. The molecule has 4 atom stereocenters. The quantitative estimate of drug-likeness (QED) is 0.855. The maximum absolute atomic E-state index is 5.53. The number of likely N-dealkylation sites (N-methyl/N-ethyl adjacent to an activating group) is 1. The van der Waals surface area contributed by atoms with Crippen LogP contribution in [0.15, 0.2) is 4.52 Å². The molecule has 4 heteroatoms. The molecule has 0 aliphatic heterocycles. The molecule has 4 unspecified atom stereocenters. The summed E-state index contributed by atoms with van der Waals surface area (Å²) in [4.78, 5) is 4.68.